The van der Waals surface area contributed by atoms with Gasteiger partial charge in [0.15, 0.2) is 6.61 Å². The zero-order valence-corrected chi connectivity index (χ0v) is 22.1. The summed E-state index contributed by atoms with van der Waals surface area (Å²) in [6.45, 7) is -1.58. The Hall–Kier alpha value is -4.92. The highest BCUT2D eigenvalue weighted by molar-refractivity contribution is 6.08. The average molecular weight is 557 g/mol. The van der Waals surface area contributed by atoms with Crippen LogP contribution in [-0.2, 0) is 16.0 Å². The first kappa shape index (κ1) is 27.6. The van der Waals surface area contributed by atoms with E-state index < -0.39 is 31.0 Å². The number of nitrogens with zero attached hydrogens (tertiary/aromatic N) is 1. The highest BCUT2D eigenvalue weighted by Gasteiger charge is 2.29. The Morgan fingerprint density at radius 1 is 0.976 bits per heavy atom. The highest BCUT2D eigenvalue weighted by atomic mass is 19.3. The minimum atomic E-state index is -3.00. The van der Waals surface area contributed by atoms with Gasteiger partial charge in [0, 0.05) is 10.9 Å². The van der Waals surface area contributed by atoms with Crippen molar-refractivity contribution in [2.45, 2.75) is 26.4 Å². The molecule has 1 atom stereocenters. The number of hydrogen-bond donors (Lipinski definition) is 1. The van der Waals surface area contributed by atoms with Crippen LogP contribution in [0.15, 0.2) is 78.9 Å². The van der Waals surface area contributed by atoms with E-state index in [2.05, 4.69) is 23.1 Å². The summed E-state index contributed by atoms with van der Waals surface area (Å²) in [6.07, 6.45) is 3.48. The molecule has 1 aliphatic rings. The molecule has 1 aliphatic carbocycles. The van der Waals surface area contributed by atoms with E-state index in [-0.39, 0.29) is 17.2 Å². The van der Waals surface area contributed by atoms with Gasteiger partial charge in [-0.1, -0.05) is 55.5 Å². The Morgan fingerprint density at radius 3 is 2.41 bits per heavy atom. The van der Waals surface area contributed by atoms with Crippen LogP contribution in [0.3, 0.4) is 0 Å². The van der Waals surface area contributed by atoms with Crippen LogP contribution >= 0.6 is 0 Å². The van der Waals surface area contributed by atoms with E-state index in [1.165, 1.54) is 24.3 Å². The zero-order valence-electron chi connectivity index (χ0n) is 22.1. The molecule has 9 heteroatoms. The molecule has 0 aliphatic heterocycles. The molecule has 3 aromatic carbocycles. The lowest BCUT2D eigenvalue weighted by molar-refractivity contribution is -0.123. The van der Waals surface area contributed by atoms with E-state index in [1.54, 1.807) is 6.07 Å². The number of pyridine rings is 1. The average Bonchev–Trinajstić information content (AvgIpc) is 2.95. The molecule has 1 aromatic heterocycles. The summed E-state index contributed by atoms with van der Waals surface area (Å²) in [7, 11) is 0. The molecule has 5 rings (SSSR count). The number of para-hydroxylation sites is 1. The second kappa shape index (κ2) is 12.1. The Bertz CT molecular complexity index is 1640. The number of benzene rings is 3. The summed E-state index contributed by atoms with van der Waals surface area (Å²) >= 11 is 0. The van der Waals surface area contributed by atoms with E-state index in [0.29, 0.717) is 22.9 Å². The van der Waals surface area contributed by atoms with Gasteiger partial charge in [-0.2, -0.15) is 8.78 Å². The summed E-state index contributed by atoms with van der Waals surface area (Å²) in [5.74, 6) is -2.18. The van der Waals surface area contributed by atoms with Gasteiger partial charge in [0.25, 0.3) is 11.8 Å². The quantitative estimate of drug-likeness (QED) is 0.278. The number of ether oxygens (including phenoxy) is 2. The predicted octanol–water partition coefficient (Wildman–Crippen LogP) is 6.07. The first-order chi connectivity index (χ1) is 19.8. The number of halogens is 2. The van der Waals surface area contributed by atoms with Crippen LogP contribution in [0.1, 0.15) is 50.9 Å². The second-order valence-corrected chi connectivity index (χ2v) is 9.78. The van der Waals surface area contributed by atoms with Crippen LogP contribution in [0.2, 0.25) is 0 Å². The molecule has 0 spiro atoms. The summed E-state index contributed by atoms with van der Waals surface area (Å²) in [5, 5.41) is 2.76. The molecule has 2 amide bonds. The Balaban J connectivity index is 1.37. The minimum Gasteiger partial charge on any atom is -0.452 e. The van der Waals surface area contributed by atoms with Crippen molar-refractivity contribution in [1.29, 1.82) is 0 Å². The normalized spacial score (nSPS) is 15.4. The molecule has 0 radical (unpaired) electrons. The molecule has 0 fully saturated rings. The van der Waals surface area contributed by atoms with Crippen molar-refractivity contribution in [3.63, 3.8) is 0 Å². The Labute approximate surface area is 234 Å². The predicted molar refractivity (Wildman–Crippen MR) is 149 cm³/mol. The van der Waals surface area contributed by atoms with Crippen LogP contribution in [0, 0.1) is 5.92 Å². The Kier molecular flexibility index (Phi) is 8.14. The zero-order chi connectivity index (χ0) is 28.9. The number of esters is 1. The number of carbonyl (C=O) groups is 3. The molecule has 208 valence electrons. The van der Waals surface area contributed by atoms with Gasteiger partial charge in [-0.05, 0) is 71.9 Å². The molecule has 0 bridgehead atoms. The highest BCUT2D eigenvalue weighted by Crippen LogP contribution is 2.38. The molecular formula is C32H26F2N2O5. The standard InChI is InChI=1S/C32H26F2N2O5/c1-19-15-22(17-20-7-3-2-4-8-20)29-25(16-19)28(24-9-5-6-10-26(24)35-29)31(39)40-18-27(37)36-30(38)21-11-13-23(14-12-21)41-32(33)34/h2-14,17,19,32H,15-16,18H2,1H3,(H,36,37,38)/b22-17-/t19-/m1/s1. The number of allylic oxidation sites excluding steroid dienone is 1. The van der Waals surface area contributed by atoms with E-state index in [4.69, 9.17) is 9.72 Å². The van der Waals surface area contributed by atoms with Crippen molar-refractivity contribution >= 4 is 40.3 Å². The number of imide groups is 1. The number of nitrogens with one attached hydrogen (secondary N) is 1. The van der Waals surface area contributed by atoms with Crippen LogP contribution in [0.4, 0.5) is 8.78 Å². The van der Waals surface area contributed by atoms with Crippen molar-refractivity contribution in [1.82, 2.24) is 10.3 Å². The van der Waals surface area contributed by atoms with Crippen molar-refractivity contribution in [2.75, 3.05) is 6.61 Å². The third-order valence-electron chi connectivity index (χ3n) is 6.69. The molecule has 0 saturated carbocycles. The van der Waals surface area contributed by atoms with Crippen molar-refractivity contribution < 1.29 is 32.6 Å². The van der Waals surface area contributed by atoms with E-state index in [1.807, 2.05) is 48.5 Å². The van der Waals surface area contributed by atoms with Crippen LogP contribution in [-0.4, -0.2) is 36.0 Å². The first-order valence-corrected chi connectivity index (χ1v) is 13.0. The van der Waals surface area contributed by atoms with E-state index in [9.17, 15) is 23.2 Å². The largest absolute Gasteiger partial charge is 0.452 e. The maximum Gasteiger partial charge on any atom is 0.387 e. The topological polar surface area (TPSA) is 94.6 Å². The maximum absolute atomic E-state index is 13.5. The first-order valence-electron chi connectivity index (χ1n) is 13.0. The van der Waals surface area contributed by atoms with E-state index in [0.717, 1.165) is 28.8 Å². The fraction of sp³-hybridized carbons (Fsp3) is 0.188. The van der Waals surface area contributed by atoms with Gasteiger partial charge >= 0.3 is 12.6 Å². The van der Waals surface area contributed by atoms with Gasteiger partial charge in [0.2, 0.25) is 0 Å². The second-order valence-electron chi connectivity index (χ2n) is 9.78. The van der Waals surface area contributed by atoms with Crippen LogP contribution < -0.4 is 10.1 Å². The van der Waals surface area contributed by atoms with Crippen molar-refractivity contribution in [3.05, 3.63) is 107 Å². The summed E-state index contributed by atoms with van der Waals surface area (Å²) in [5.41, 5.74) is 4.56. The summed E-state index contributed by atoms with van der Waals surface area (Å²) in [4.78, 5) is 43.3. The number of fused-ring (bicyclic) bond motifs is 2. The van der Waals surface area contributed by atoms with Gasteiger partial charge in [0.1, 0.15) is 5.75 Å². The monoisotopic (exact) mass is 556 g/mol. The van der Waals surface area contributed by atoms with Gasteiger partial charge < -0.3 is 9.47 Å². The maximum atomic E-state index is 13.5. The number of alkyl halides is 2. The molecule has 0 unspecified atom stereocenters. The number of amides is 2. The number of aromatic nitrogens is 1. The van der Waals surface area contributed by atoms with Gasteiger partial charge in [0.05, 0.1) is 16.8 Å². The van der Waals surface area contributed by atoms with E-state index >= 15 is 0 Å². The number of rotatable bonds is 7. The molecule has 1 N–H and O–H groups in total. The molecule has 1 heterocycles. The number of carbonyl (C=O) groups excluding carboxylic acids is 3. The SMILES string of the molecule is C[C@@H]1C/C(=C/c2ccccc2)c2nc3ccccc3c(C(=O)OCC(=O)NC(=O)c3ccc(OC(F)F)cc3)c2C1. The summed E-state index contributed by atoms with van der Waals surface area (Å²) in [6, 6.07) is 22.0. The lowest BCUT2D eigenvalue weighted by atomic mass is 9.80. The molecule has 0 saturated heterocycles. The fourth-order valence-corrected chi connectivity index (χ4v) is 4.95. The fourth-order valence-electron chi connectivity index (χ4n) is 4.95. The number of hydrogen-bond acceptors (Lipinski definition) is 6. The Morgan fingerprint density at radius 2 is 1.68 bits per heavy atom. The van der Waals surface area contributed by atoms with Gasteiger partial charge in [-0.25, -0.2) is 9.78 Å². The third kappa shape index (κ3) is 6.46. The lowest BCUT2D eigenvalue weighted by Crippen LogP contribution is -2.34. The molecule has 41 heavy (non-hydrogen) atoms. The lowest BCUT2D eigenvalue weighted by Gasteiger charge is -2.26. The third-order valence-corrected chi connectivity index (χ3v) is 6.69. The van der Waals surface area contributed by atoms with Gasteiger partial charge in [-0.3, -0.25) is 14.9 Å². The van der Waals surface area contributed by atoms with Crippen molar-refractivity contribution in [2.24, 2.45) is 5.92 Å². The van der Waals surface area contributed by atoms with Gasteiger partial charge in [-0.15, -0.1) is 0 Å². The molecule has 4 aromatic rings. The molecular weight excluding hydrogens is 530 g/mol. The summed E-state index contributed by atoms with van der Waals surface area (Å²) < 4.78 is 34.3. The van der Waals surface area contributed by atoms with Crippen LogP contribution in [0.25, 0.3) is 22.6 Å². The minimum absolute atomic E-state index is 0.0483. The van der Waals surface area contributed by atoms with Crippen LogP contribution in [0.5, 0.6) is 5.75 Å². The smallest absolute Gasteiger partial charge is 0.387 e. The molecule has 7 nitrogen and oxygen atoms in total. The van der Waals surface area contributed by atoms with Crippen molar-refractivity contribution in [3.8, 4) is 5.75 Å².